The number of hydrogen-bond donors (Lipinski definition) is 2. The van der Waals surface area contributed by atoms with Gasteiger partial charge in [0.05, 0.1) is 11.8 Å². The number of benzene rings is 1. The molecule has 0 bridgehead atoms. The van der Waals surface area contributed by atoms with Crippen molar-refractivity contribution in [2.75, 3.05) is 5.32 Å². The minimum absolute atomic E-state index is 0.217. The summed E-state index contributed by atoms with van der Waals surface area (Å²) >= 11 is 5.78. The van der Waals surface area contributed by atoms with Gasteiger partial charge in [0.15, 0.2) is 0 Å². The van der Waals surface area contributed by atoms with Crippen LogP contribution in [0.2, 0.25) is 5.02 Å². The largest absolute Gasteiger partial charge is 0.322 e. The molecule has 1 amide bonds. The van der Waals surface area contributed by atoms with E-state index >= 15 is 0 Å². The number of anilines is 1. The Kier molecular flexibility index (Phi) is 2.69. The van der Waals surface area contributed by atoms with E-state index in [1.165, 1.54) is 12.4 Å². The second kappa shape index (κ2) is 4.14. The van der Waals surface area contributed by atoms with Crippen LogP contribution in [-0.4, -0.2) is 16.1 Å². The van der Waals surface area contributed by atoms with Crippen LogP contribution in [0.3, 0.4) is 0 Å². The summed E-state index contributed by atoms with van der Waals surface area (Å²) in [5.41, 5.74) is 1.14. The number of nitrogens with one attached hydrogen (secondary N) is 2. The van der Waals surface area contributed by atoms with Crippen molar-refractivity contribution in [2.45, 2.75) is 0 Å². The molecule has 15 heavy (non-hydrogen) atoms. The topological polar surface area (TPSA) is 57.8 Å². The Hall–Kier alpha value is -1.81. The maximum absolute atomic E-state index is 11.6. The van der Waals surface area contributed by atoms with E-state index in [0.29, 0.717) is 16.3 Å². The van der Waals surface area contributed by atoms with Gasteiger partial charge >= 0.3 is 0 Å². The van der Waals surface area contributed by atoms with Crippen LogP contribution in [0.5, 0.6) is 0 Å². The van der Waals surface area contributed by atoms with Crippen LogP contribution in [-0.2, 0) is 0 Å². The average molecular weight is 222 g/mol. The first-order valence-corrected chi connectivity index (χ1v) is 4.69. The van der Waals surface area contributed by atoms with Crippen molar-refractivity contribution in [3.63, 3.8) is 0 Å². The molecule has 0 atom stereocenters. The zero-order valence-electron chi connectivity index (χ0n) is 7.70. The standard InChI is InChI=1S/C10H8ClN3O/c11-8-2-1-3-9(4-8)14-10(15)7-5-12-13-6-7/h1-6H,(H,12,13)(H,14,15). The molecular weight excluding hydrogens is 214 g/mol. The van der Waals surface area contributed by atoms with Crippen molar-refractivity contribution >= 4 is 23.2 Å². The number of hydrogen-bond acceptors (Lipinski definition) is 2. The summed E-state index contributed by atoms with van der Waals surface area (Å²) < 4.78 is 0. The number of carbonyl (C=O) groups excluding carboxylic acids is 1. The number of amides is 1. The summed E-state index contributed by atoms with van der Waals surface area (Å²) in [5.74, 6) is -0.217. The van der Waals surface area contributed by atoms with Crippen molar-refractivity contribution in [1.29, 1.82) is 0 Å². The van der Waals surface area contributed by atoms with E-state index < -0.39 is 0 Å². The Morgan fingerprint density at radius 3 is 3.00 bits per heavy atom. The monoisotopic (exact) mass is 221 g/mol. The first-order valence-electron chi connectivity index (χ1n) is 4.31. The van der Waals surface area contributed by atoms with Gasteiger partial charge in [-0.15, -0.1) is 0 Å². The van der Waals surface area contributed by atoms with Crippen molar-refractivity contribution in [3.8, 4) is 0 Å². The highest BCUT2D eigenvalue weighted by molar-refractivity contribution is 6.30. The number of rotatable bonds is 2. The molecule has 2 aromatic rings. The molecule has 1 aromatic heterocycles. The molecule has 0 unspecified atom stereocenters. The molecule has 0 fully saturated rings. The van der Waals surface area contributed by atoms with Crippen LogP contribution < -0.4 is 5.32 Å². The molecule has 0 spiro atoms. The van der Waals surface area contributed by atoms with Crippen LogP contribution in [0.4, 0.5) is 5.69 Å². The second-order valence-corrected chi connectivity index (χ2v) is 3.39. The van der Waals surface area contributed by atoms with E-state index in [1.807, 2.05) is 0 Å². The zero-order chi connectivity index (χ0) is 10.7. The first-order chi connectivity index (χ1) is 7.25. The zero-order valence-corrected chi connectivity index (χ0v) is 8.45. The van der Waals surface area contributed by atoms with Crippen LogP contribution in [0.1, 0.15) is 10.4 Å². The molecule has 2 rings (SSSR count). The number of H-pyrrole nitrogens is 1. The third kappa shape index (κ3) is 2.35. The molecule has 1 heterocycles. The predicted molar refractivity (Wildman–Crippen MR) is 58.0 cm³/mol. The van der Waals surface area contributed by atoms with Gasteiger partial charge in [0.2, 0.25) is 0 Å². The highest BCUT2D eigenvalue weighted by atomic mass is 35.5. The minimum atomic E-state index is -0.217. The van der Waals surface area contributed by atoms with Crippen LogP contribution in [0, 0.1) is 0 Å². The Morgan fingerprint density at radius 2 is 2.33 bits per heavy atom. The maximum Gasteiger partial charge on any atom is 0.258 e. The summed E-state index contributed by atoms with van der Waals surface area (Å²) in [6, 6.07) is 6.96. The van der Waals surface area contributed by atoms with Crippen LogP contribution in [0.15, 0.2) is 36.7 Å². The molecule has 1 aromatic carbocycles. The van der Waals surface area contributed by atoms with Crippen molar-refractivity contribution in [2.24, 2.45) is 0 Å². The summed E-state index contributed by atoms with van der Waals surface area (Å²) in [4.78, 5) is 11.6. The van der Waals surface area contributed by atoms with E-state index in [2.05, 4.69) is 15.5 Å². The summed E-state index contributed by atoms with van der Waals surface area (Å²) in [6.07, 6.45) is 2.99. The molecule has 0 aliphatic rings. The fourth-order valence-electron chi connectivity index (χ4n) is 1.14. The van der Waals surface area contributed by atoms with Gasteiger partial charge in [-0.05, 0) is 18.2 Å². The number of aromatic nitrogens is 2. The highest BCUT2D eigenvalue weighted by Crippen LogP contribution is 2.15. The summed E-state index contributed by atoms with van der Waals surface area (Å²) in [6.45, 7) is 0. The Balaban J connectivity index is 2.13. The van der Waals surface area contributed by atoms with Gasteiger partial charge < -0.3 is 5.32 Å². The quantitative estimate of drug-likeness (QED) is 0.818. The normalized spacial score (nSPS) is 9.93. The van der Waals surface area contributed by atoms with E-state index in [9.17, 15) is 4.79 Å². The van der Waals surface area contributed by atoms with E-state index in [4.69, 9.17) is 11.6 Å². The molecule has 0 saturated carbocycles. The maximum atomic E-state index is 11.6. The molecule has 0 aliphatic heterocycles. The fourth-order valence-corrected chi connectivity index (χ4v) is 1.33. The lowest BCUT2D eigenvalue weighted by Crippen LogP contribution is -2.10. The summed E-state index contributed by atoms with van der Waals surface area (Å²) in [7, 11) is 0. The average Bonchev–Trinajstić information content (AvgIpc) is 2.70. The number of carbonyl (C=O) groups is 1. The highest BCUT2D eigenvalue weighted by Gasteiger charge is 2.06. The van der Waals surface area contributed by atoms with Crippen molar-refractivity contribution in [1.82, 2.24) is 10.2 Å². The number of nitrogens with zero attached hydrogens (tertiary/aromatic N) is 1. The van der Waals surface area contributed by atoms with Crippen molar-refractivity contribution < 1.29 is 4.79 Å². The van der Waals surface area contributed by atoms with Gasteiger partial charge in [-0.3, -0.25) is 9.89 Å². The van der Waals surface area contributed by atoms with Gasteiger partial charge in [0, 0.05) is 16.9 Å². The van der Waals surface area contributed by atoms with Gasteiger partial charge in [0.1, 0.15) is 0 Å². The van der Waals surface area contributed by atoms with E-state index in [0.717, 1.165) is 0 Å². The molecule has 5 heteroatoms. The SMILES string of the molecule is O=C(Nc1cccc(Cl)c1)c1cn[nH]c1. The van der Waals surface area contributed by atoms with Crippen LogP contribution in [0.25, 0.3) is 0 Å². The van der Waals surface area contributed by atoms with Gasteiger partial charge in [-0.25, -0.2) is 0 Å². The summed E-state index contributed by atoms with van der Waals surface area (Å²) in [5, 5.41) is 9.55. The minimum Gasteiger partial charge on any atom is -0.322 e. The van der Waals surface area contributed by atoms with Crippen molar-refractivity contribution in [3.05, 3.63) is 47.2 Å². The van der Waals surface area contributed by atoms with E-state index in [-0.39, 0.29) is 5.91 Å². The Morgan fingerprint density at radius 1 is 1.47 bits per heavy atom. The molecule has 2 N–H and O–H groups in total. The Bertz CT molecular complexity index is 467. The first kappa shape index (κ1) is 9.73. The molecular formula is C10H8ClN3O. The smallest absolute Gasteiger partial charge is 0.258 e. The molecule has 0 radical (unpaired) electrons. The lowest BCUT2D eigenvalue weighted by molar-refractivity contribution is 0.102. The third-order valence-electron chi connectivity index (χ3n) is 1.84. The number of aromatic amines is 1. The second-order valence-electron chi connectivity index (χ2n) is 2.95. The van der Waals surface area contributed by atoms with Gasteiger partial charge in [0.25, 0.3) is 5.91 Å². The predicted octanol–water partition coefficient (Wildman–Crippen LogP) is 2.32. The van der Waals surface area contributed by atoms with E-state index in [1.54, 1.807) is 24.3 Å². The lowest BCUT2D eigenvalue weighted by Gasteiger charge is -2.02. The van der Waals surface area contributed by atoms with Gasteiger partial charge in [-0.1, -0.05) is 17.7 Å². The van der Waals surface area contributed by atoms with Crippen LogP contribution >= 0.6 is 11.6 Å². The third-order valence-corrected chi connectivity index (χ3v) is 2.08. The molecule has 4 nitrogen and oxygen atoms in total. The lowest BCUT2D eigenvalue weighted by atomic mass is 10.3. The number of halogens is 1. The molecule has 76 valence electrons. The molecule has 0 saturated heterocycles. The Labute approximate surface area is 91.3 Å². The fraction of sp³-hybridized carbons (Fsp3) is 0. The van der Waals surface area contributed by atoms with Gasteiger partial charge in [-0.2, -0.15) is 5.10 Å². The molecule has 0 aliphatic carbocycles.